The molecule has 0 saturated heterocycles. The van der Waals surface area contributed by atoms with Crippen LogP contribution in [0.15, 0.2) is 10.9 Å². The second-order valence-electron chi connectivity index (χ2n) is 2.06. The quantitative estimate of drug-likeness (QED) is 0.629. The summed E-state index contributed by atoms with van der Waals surface area (Å²) < 4.78 is 0. The molecule has 70 valence electrons. The number of nitrogens with one attached hydrogen (secondary N) is 1. The van der Waals surface area contributed by atoms with Gasteiger partial charge >= 0.3 is 0 Å². The largest absolute Gasteiger partial charge is 0.368 e. The molecule has 7 heteroatoms. The maximum absolute atomic E-state index is 11.0. The van der Waals surface area contributed by atoms with E-state index in [9.17, 15) is 9.59 Å². The molecular weight excluding hydrogens is 194 g/mol. The van der Waals surface area contributed by atoms with Crippen LogP contribution in [-0.4, -0.2) is 23.4 Å². The van der Waals surface area contributed by atoms with Crippen LogP contribution in [0.25, 0.3) is 0 Å². The van der Waals surface area contributed by atoms with Crippen molar-refractivity contribution in [2.75, 3.05) is 6.61 Å². The minimum atomic E-state index is -0.654. The van der Waals surface area contributed by atoms with Gasteiger partial charge in [0.2, 0.25) is 5.91 Å². The van der Waals surface area contributed by atoms with Crippen molar-refractivity contribution in [2.24, 2.45) is 5.73 Å². The predicted octanol–water partition coefficient (Wildman–Crippen LogP) is -0.710. The maximum Gasteiger partial charge on any atom is 0.294 e. The van der Waals surface area contributed by atoms with E-state index in [1.165, 1.54) is 16.8 Å². The van der Waals surface area contributed by atoms with Crippen molar-refractivity contribution in [3.63, 3.8) is 0 Å². The number of aromatic nitrogens is 1. The molecule has 0 unspecified atom stereocenters. The fourth-order valence-corrected chi connectivity index (χ4v) is 1.08. The van der Waals surface area contributed by atoms with E-state index >= 15 is 0 Å². The Morgan fingerprint density at radius 3 is 3.00 bits per heavy atom. The number of hydroxylamine groups is 1. The van der Waals surface area contributed by atoms with Crippen LogP contribution in [0.1, 0.15) is 10.5 Å². The Hall–Kier alpha value is -1.47. The van der Waals surface area contributed by atoms with E-state index in [0.29, 0.717) is 0 Å². The minimum absolute atomic E-state index is 0.245. The molecular formula is C6H7N3O3S. The lowest BCUT2D eigenvalue weighted by molar-refractivity contribution is -0.124. The van der Waals surface area contributed by atoms with Crippen LogP contribution in [-0.2, 0) is 9.63 Å². The molecule has 0 aliphatic carbocycles. The number of nitrogens with zero attached hydrogens (tertiary/aromatic N) is 1. The van der Waals surface area contributed by atoms with Crippen LogP contribution >= 0.6 is 11.3 Å². The highest BCUT2D eigenvalue weighted by atomic mass is 32.1. The summed E-state index contributed by atoms with van der Waals surface area (Å²) in [6, 6.07) is 0. The van der Waals surface area contributed by atoms with Crippen molar-refractivity contribution >= 4 is 23.2 Å². The second-order valence-corrected chi connectivity index (χ2v) is 2.78. The molecule has 13 heavy (non-hydrogen) atoms. The van der Waals surface area contributed by atoms with Gasteiger partial charge in [-0.3, -0.25) is 14.4 Å². The number of hydrogen-bond acceptors (Lipinski definition) is 5. The first-order chi connectivity index (χ1) is 6.20. The molecule has 0 spiro atoms. The number of hydrogen-bond donors (Lipinski definition) is 2. The topological polar surface area (TPSA) is 94.3 Å². The summed E-state index contributed by atoms with van der Waals surface area (Å²) in [4.78, 5) is 29.4. The Kier molecular flexibility index (Phi) is 3.35. The molecule has 0 fully saturated rings. The van der Waals surface area contributed by atoms with Crippen LogP contribution in [0.4, 0.5) is 0 Å². The van der Waals surface area contributed by atoms with Gasteiger partial charge in [-0.2, -0.15) is 0 Å². The highest BCUT2D eigenvalue weighted by Gasteiger charge is 2.06. The smallest absolute Gasteiger partial charge is 0.294 e. The summed E-state index contributed by atoms with van der Waals surface area (Å²) in [7, 11) is 0. The molecule has 3 N–H and O–H groups in total. The van der Waals surface area contributed by atoms with Gasteiger partial charge in [-0.05, 0) is 0 Å². The molecule has 1 heterocycles. The van der Waals surface area contributed by atoms with Gasteiger partial charge in [0.15, 0.2) is 6.61 Å². The van der Waals surface area contributed by atoms with Crippen LogP contribution in [0, 0.1) is 0 Å². The molecule has 0 radical (unpaired) electrons. The van der Waals surface area contributed by atoms with E-state index in [-0.39, 0.29) is 12.3 Å². The molecule has 0 aliphatic heterocycles. The second kappa shape index (κ2) is 4.53. The lowest BCUT2D eigenvalue weighted by Crippen LogP contribution is -2.29. The van der Waals surface area contributed by atoms with E-state index in [1.807, 2.05) is 5.48 Å². The minimum Gasteiger partial charge on any atom is -0.368 e. The normalized spacial score (nSPS) is 9.54. The summed E-state index contributed by atoms with van der Waals surface area (Å²) in [6.45, 7) is -0.351. The summed E-state index contributed by atoms with van der Waals surface area (Å²) >= 11 is 1.29. The fourth-order valence-electron chi connectivity index (χ4n) is 0.550. The van der Waals surface area contributed by atoms with E-state index < -0.39 is 11.8 Å². The van der Waals surface area contributed by atoms with E-state index in [1.54, 1.807) is 5.38 Å². The first-order valence-corrected chi connectivity index (χ1v) is 4.23. The van der Waals surface area contributed by atoms with Gasteiger partial charge in [-0.15, -0.1) is 11.3 Å². The number of amides is 2. The fraction of sp³-hybridized carbons (Fsp3) is 0.167. The van der Waals surface area contributed by atoms with Gasteiger partial charge < -0.3 is 5.73 Å². The summed E-state index contributed by atoms with van der Waals surface area (Å²) in [5, 5.41) is 1.56. The number of thiazole rings is 1. The van der Waals surface area contributed by atoms with Crippen molar-refractivity contribution in [1.82, 2.24) is 10.5 Å². The maximum atomic E-state index is 11.0. The Morgan fingerprint density at radius 2 is 2.46 bits per heavy atom. The number of rotatable bonds is 4. The SMILES string of the molecule is NC(=O)CONC(=O)c1cscn1. The van der Waals surface area contributed by atoms with Crippen molar-refractivity contribution in [1.29, 1.82) is 0 Å². The lowest BCUT2D eigenvalue weighted by atomic mass is 10.5. The van der Waals surface area contributed by atoms with Crippen LogP contribution in [0.5, 0.6) is 0 Å². The number of carbonyl (C=O) groups excluding carboxylic acids is 2. The third-order valence-electron chi connectivity index (χ3n) is 1.04. The van der Waals surface area contributed by atoms with Crippen LogP contribution < -0.4 is 11.2 Å². The molecule has 0 bridgehead atoms. The zero-order valence-electron chi connectivity index (χ0n) is 6.52. The molecule has 0 aromatic carbocycles. The Bertz CT molecular complexity index is 298. The first-order valence-electron chi connectivity index (χ1n) is 3.29. The van der Waals surface area contributed by atoms with Gasteiger partial charge in [-0.25, -0.2) is 10.5 Å². The highest BCUT2D eigenvalue weighted by molar-refractivity contribution is 7.07. The number of nitrogens with two attached hydrogens (primary N) is 1. The summed E-state index contributed by atoms with van der Waals surface area (Å²) in [5.41, 5.74) is 8.55. The number of carbonyl (C=O) groups is 2. The third kappa shape index (κ3) is 3.18. The Balaban J connectivity index is 2.31. The molecule has 6 nitrogen and oxygen atoms in total. The Morgan fingerprint density at radius 1 is 1.69 bits per heavy atom. The molecule has 2 amide bonds. The van der Waals surface area contributed by atoms with Crippen LogP contribution in [0.2, 0.25) is 0 Å². The van der Waals surface area contributed by atoms with E-state index in [0.717, 1.165) is 0 Å². The van der Waals surface area contributed by atoms with Gasteiger partial charge in [0.1, 0.15) is 5.69 Å². The molecule has 1 aromatic heterocycles. The van der Waals surface area contributed by atoms with Gasteiger partial charge in [-0.1, -0.05) is 0 Å². The van der Waals surface area contributed by atoms with Crippen molar-refractivity contribution in [2.45, 2.75) is 0 Å². The zero-order chi connectivity index (χ0) is 9.68. The van der Waals surface area contributed by atoms with Gasteiger partial charge in [0, 0.05) is 5.38 Å². The average Bonchev–Trinajstić information content (AvgIpc) is 2.55. The van der Waals surface area contributed by atoms with Crippen LogP contribution in [0.3, 0.4) is 0 Å². The molecule has 0 atom stereocenters. The molecule has 0 aliphatic rings. The van der Waals surface area contributed by atoms with E-state index in [4.69, 9.17) is 5.73 Å². The van der Waals surface area contributed by atoms with Crippen molar-refractivity contribution < 1.29 is 14.4 Å². The van der Waals surface area contributed by atoms with Gasteiger partial charge in [0.05, 0.1) is 5.51 Å². The zero-order valence-corrected chi connectivity index (χ0v) is 7.34. The van der Waals surface area contributed by atoms with Gasteiger partial charge in [0.25, 0.3) is 5.91 Å². The predicted molar refractivity (Wildman–Crippen MR) is 44.7 cm³/mol. The van der Waals surface area contributed by atoms with Crippen molar-refractivity contribution in [3.8, 4) is 0 Å². The Labute approximate surface area is 77.7 Å². The summed E-state index contributed by atoms with van der Waals surface area (Å²) in [5.74, 6) is -1.15. The molecule has 0 saturated carbocycles. The first kappa shape index (κ1) is 9.62. The third-order valence-corrected chi connectivity index (χ3v) is 1.63. The summed E-state index contributed by atoms with van der Waals surface area (Å²) in [6.07, 6.45) is 0. The number of primary amides is 1. The molecule has 1 aromatic rings. The average molecular weight is 201 g/mol. The monoisotopic (exact) mass is 201 g/mol. The lowest BCUT2D eigenvalue weighted by Gasteiger charge is -2.00. The van der Waals surface area contributed by atoms with E-state index in [2.05, 4.69) is 9.82 Å². The highest BCUT2D eigenvalue weighted by Crippen LogP contribution is 1.99. The van der Waals surface area contributed by atoms with Crippen molar-refractivity contribution in [3.05, 3.63) is 16.6 Å². The standard InChI is InChI=1S/C6H7N3O3S/c7-5(10)1-12-9-6(11)4-2-13-3-8-4/h2-3H,1H2,(H2,7,10)(H,9,11). The molecule has 1 rings (SSSR count).